The van der Waals surface area contributed by atoms with E-state index in [1.54, 1.807) is 13.0 Å². The molecule has 0 aromatic heterocycles. The summed E-state index contributed by atoms with van der Waals surface area (Å²) in [6.45, 7) is 1.67. The Labute approximate surface area is 108 Å². The molecule has 0 spiro atoms. The van der Waals surface area contributed by atoms with Crippen LogP contribution in [0.3, 0.4) is 0 Å². The second-order valence-electron chi connectivity index (χ2n) is 3.19. The number of hydrogen-bond acceptors (Lipinski definition) is 3. The van der Waals surface area contributed by atoms with E-state index in [4.69, 9.17) is 45.8 Å². The van der Waals surface area contributed by atoms with Crippen molar-refractivity contribution in [1.82, 2.24) is 0 Å². The van der Waals surface area contributed by atoms with Crippen LogP contribution in [0, 0.1) is 18.3 Å². The predicted octanol–water partition coefficient (Wildman–Crippen LogP) is 3.00. The van der Waals surface area contributed by atoms with Gasteiger partial charge in [-0.05, 0) is 24.6 Å². The summed E-state index contributed by atoms with van der Waals surface area (Å²) in [6.07, 6.45) is 0. The summed E-state index contributed by atoms with van der Waals surface area (Å²) in [5.41, 5.74) is 6.86. The van der Waals surface area contributed by atoms with Crippen LogP contribution >= 0.6 is 34.8 Å². The highest BCUT2D eigenvalue weighted by Gasteiger charge is 2.33. The number of nitriles is 1. The van der Waals surface area contributed by atoms with E-state index in [-0.39, 0.29) is 11.3 Å². The number of anilines is 1. The van der Waals surface area contributed by atoms with Crippen LogP contribution in [0.15, 0.2) is 12.1 Å². The van der Waals surface area contributed by atoms with Crippen LogP contribution in [-0.2, 0) is 0 Å². The Bertz CT molecular complexity index is 486. The average molecular weight is 278 g/mol. The minimum atomic E-state index is -2.07. The first-order valence-electron chi connectivity index (χ1n) is 4.19. The molecule has 0 bridgehead atoms. The van der Waals surface area contributed by atoms with Crippen LogP contribution in [0.25, 0.3) is 0 Å². The van der Waals surface area contributed by atoms with Gasteiger partial charge < -0.3 is 5.73 Å². The number of aryl methyl sites for hydroxylation is 1. The SMILES string of the molecule is Cc1cc(C#N)cc(C(=O)C(Cl)(Cl)Cl)c1N. The summed E-state index contributed by atoms with van der Waals surface area (Å²) in [7, 11) is 0. The van der Waals surface area contributed by atoms with Gasteiger partial charge >= 0.3 is 0 Å². The van der Waals surface area contributed by atoms with E-state index in [0.717, 1.165) is 0 Å². The van der Waals surface area contributed by atoms with Crippen molar-refractivity contribution < 1.29 is 4.79 Å². The number of ketones is 1. The lowest BCUT2D eigenvalue weighted by molar-refractivity contribution is 0.0997. The Morgan fingerprint density at radius 1 is 1.44 bits per heavy atom. The monoisotopic (exact) mass is 276 g/mol. The van der Waals surface area contributed by atoms with Gasteiger partial charge in [-0.3, -0.25) is 4.79 Å². The van der Waals surface area contributed by atoms with Crippen LogP contribution in [0.4, 0.5) is 5.69 Å². The minimum Gasteiger partial charge on any atom is -0.398 e. The maximum Gasteiger partial charge on any atom is 0.253 e. The van der Waals surface area contributed by atoms with Crippen LogP contribution in [0.1, 0.15) is 21.5 Å². The van der Waals surface area contributed by atoms with Crippen LogP contribution in [-0.4, -0.2) is 9.58 Å². The summed E-state index contributed by atoms with van der Waals surface area (Å²) >= 11 is 16.4. The standard InChI is InChI=1S/C10H7Cl3N2O/c1-5-2-6(4-14)3-7(8(5)15)9(16)10(11,12)13/h2-3H,15H2,1H3. The minimum absolute atomic E-state index is 0.0524. The Morgan fingerprint density at radius 2 is 2.00 bits per heavy atom. The zero-order chi connectivity index (χ0) is 12.5. The zero-order valence-electron chi connectivity index (χ0n) is 8.22. The van der Waals surface area contributed by atoms with Crippen molar-refractivity contribution in [2.45, 2.75) is 10.7 Å². The Balaban J connectivity index is 3.40. The van der Waals surface area contributed by atoms with Crippen molar-refractivity contribution in [3.8, 4) is 6.07 Å². The molecule has 0 aliphatic heterocycles. The van der Waals surface area contributed by atoms with Crippen molar-refractivity contribution in [3.63, 3.8) is 0 Å². The summed E-state index contributed by atoms with van der Waals surface area (Å²) in [4.78, 5) is 11.7. The third kappa shape index (κ3) is 2.59. The fraction of sp³-hybridized carbons (Fsp3) is 0.200. The number of carbonyl (C=O) groups excluding carboxylic acids is 1. The van der Waals surface area contributed by atoms with Gasteiger partial charge in [0.25, 0.3) is 3.79 Å². The summed E-state index contributed by atoms with van der Waals surface area (Å²) < 4.78 is -2.07. The van der Waals surface area contributed by atoms with Crippen molar-refractivity contribution in [1.29, 1.82) is 5.26 Å². The number of rotatable bonds is 1. The van der Waals surface area contributed by atoms with Gasteiger partial charge in [-0.2, -0.15) is 5.26 Å². The zero-order valence-corrected chi connectivity index (χ0v) is 10.5. The molecule has 0 aliphatic carbocycles. The fourth-order valence-corrected chi connectivity index (χ4v) is 1.51. The number of nitrogen functional groups attached to an aromatic ring is 1. The first kappa shape index (κ1) is 13.1. The molecule has 1 aromatic rings. The first-order chi connectivity index (χ1) is 7.27. The van der Waals surface area contributed by atoms with Crippen molar-refractivity contribution >= 4 is 46.3 Å². The molecule has 0 atom stereocenters. The van der Waals surface area contributed by atoms with Gasteiger partial charge in [0, 0.05) is 11.3 Å². The summed E-state index contributed by atoms with van der Waals surface area (Å²) in [6, 6.07) is 4.78. The molecule has 1 aromatic carbocycles. The van der Waals surface area contributed by atoms with E-state index in [1.807, 2.05) is 6.07 Å². The molecule has 6 heteroatoms. The number of benzene rings is 1. The lowest BCUT2D eigenvalue weighted by Gasteiger charge is -2.13. The molecule has 2 N–H and O–H groups in total. The molecular formula is C10H7Cl3N2O. The van der Waals surface area contributed by atoms with E-state index in [0.29, 0.717) is 11.1 Å². The highest BCUT2D eigenvalue weighted by atomic mass is 35.6. The number of halogens is 3. The topological polar surface area (TPSA) is 66.9 Å². The van der Waals surface area contributed by atoms with Gasteiger partial charge in [0.2, 0.25) is 5.78 Å². The molecule has 0 heterocycles. The van der Waals surface area contributed by atoms with Gasteiger partial charge in [0.1, 0.15) is 0 Å². The van der Waals surface area contributed by atoms with Crippen LogP contribution in [0.2, 0.25) is 0 Å². The fourth-order valence-electron chi connectivity index (χ4n) is 1.20. The molecule has 16 heavy (non-hydrogen) atoms. The molecule has 0 radical (unpaired) electrons. The van der Waals surface area contributed by atoms with Gasteiger partial charge in [-0.1, -0.05) is 34.8 Å². The van der Waals surface area contributed by atoms with Crippen LogP contribution < -0.4 is 5.73 Å². The molecule has 0 fully saturated rings. The van der Waals surface area contributed by atoms with E-state index < -0.39 is 9.58 Å². The maximum absolute atomic E-state index is 11.7. The van der Waals surface area contributed by atoms with E-state index in [9.17, 15) is 4.79 Å². The van der Waals surface area contributed by atoms with E-state index in [1.165, 1.54) is 6.07 Å². The Morgan fingerprint density at radius 3 is 2.44 bits per heavy atom. The number of nitrogens with two attached hydrogens (primary N) is 1. The lowest BCUT2D eigenvalue weighted by atomic mass is 10.0. The molecule has 0 aliphatic rings. The highest BCUT2D eigenvalue weighted by molar-refractivity contribution is 6.77. The number of nitrogens with zero attached hydrogens (tertiary/aromatic N) is 1. The quantitative estimate of drug-likeness (QED) is 0.487. The highest BCUT2D eigenvalue weighted by Crippen LogP contribution is 2.33. The number of alkyl halides is 3. The van der Waals surface area contributed by atoms with E-state index in [2.05, 4.69) is 0 Å². The second kappa shape index (κ2) is 4.50. The lowest BCUT2D eigenvalue weighted by Crippen LogP contribution is -2.20. The molecular weight excluding hydrogens is 270 g/mol. The second-order valence-corrected chi connectivity index (χ2v) is 5.47. The normalized spacial score (nSPS) is 10.9. The maximum atomic E-state index is 11.7. The average Bonchev–Trinajstić information content (AvgIpc) is 2.19. The molecule has 0 amide bonds. The largest absolute Gasteiger partial charge is 0.398 e. The Hall–Kier alpha value is -0.950. The number of hydrogen-bond donors (Lipinski definition) is 1. The number of carbonyl (C=O) groups is 1. The van der Waals surface area contributed by atoms with Crippen molar-refractivity contribution in [2.24, 2.45) is 0 Å². The first-order valence-corrected chi connectivity index (χ1v) is 5.32. The summed E-state index contributed by atoms with van der Waals surface area (Å²) in [5, 5.41) is 8.76. The van der Waals surface area contributed by atoms with Gasteiger partial charge in [-0.15, -0.1) is 0 Å². The molecule has 0 saturated carbocycles. The third-order valence-corrected chi connectivity index (χ3v) is 2.53. The van der Waals surface area contributed by atoms with Crippen molar-refractivity contribution in [2.75, 3.05) is 5.73 Å². The summed E-state index contributed by atoms with van der Waals surface area (Å²) in [5.74, 6) is -0.741. The van der Waals surface area contributed by atoms with Gasteiger partial charge in [0.15, 0.2) is 0 Å². The molecule has 3 nitrogen and oxygen atoms in total. The molecule has 0 saturated heterocycles. The smallest absolute Gasteiger partial charge is 0.253 e. The predicted molar refractivity (Wildman–Crippen MR) is 64.9 cm³/mol. The van der Waals surface area contributed by atoms with E-state index >= 15 is 0 Å². The van der Waals surface area contributed by atoms with Gasteiger partial charge in [0.05, 0.1) is 11.6 Å². The molecule has 84 valence electrons. The van der Waals surface area contributed by atoms with Gasteiger partial charge in [-0.25, -0.2) is 0 Å². The molecule has 1 rings (SSSR count). The van der Waals surface area contributed by atoms with Crippen molar-refractivity contribution in [3.05, 3.63) is 28.8 Å². The van der Waals surface area contributed by atoms with Crippen LogP contribution in [0.5, 0.6) is 0 Å². The Kier molecular flexibility index (Phi) is 3.69. The third-order valence-electron chi connectivity index (χ3n) is 2.02. The molecule has 0 unspecified atom stereocenters. The number of Topliss-reactive ketones (excluding diaryl/α,β-unsaturated/α-hetero) is 1.